The van der Waals surface area contributed by atoms with E-state index < -0.39 is 5.54 Å². The van der Waals surface area contributed by atoms with Gasteiger partial charge in [-0.1, -0.05) is 37.6 Å². The molecule has 0 saturated heterocycles. The Morgan fingerprint density at radius 2 is 2.03 bits per heavy atom. The zero-order valence-electron chi connectivity index (χ0n) is 19.0. The van der Waals surface area contributed by atoms with E-state index in [2.05, 4.69) is 22.2 Å². The van der Waals surface area contributed by atoms with Crippen LogP contribution < -0.4 is 10.6 Å². The number of carbonyl (C=O) groups excluding carboxylic acids is 2. The number of pyridine rings is 1. The van der Waals surface area contributed by atoms with Crippen molar-refractivity contribution in [2.45, 2.75) is 51.2 Å². The summed E-state index contributed by atoms with van der Waals surface area (Å²) in [6, 6.07) is 9.74. The molecule has 170 valence electrons. The normalized spacial score (nSPS) is 17.0. The Morgan fingerprint density at radius 1 is 1.27 bits per heavy atom. The van der Waals surface area contributed by atoms with Crippen molar-refractivity contribution < 1.29 is 14.0 Å². The van der Waals surface area contributed by atoms with Gasteiger partial charge in [-0.3, -0.25) is 14.9 Å². The van der Waals surface area contributed by atoms with Crippen LogP contribution in [0.4, 0.5) is 5.82 Å². The number of para-hydroxylation sites is 1. The van der Waals surface area contributed by atoms with E-state index in [1.54, 1.807) is 18.1 Å². The van der Waals surface area contributed by atoms with Gasteiger partial charge in [-0.2, -0.15) is 0 Å². The lowest BCUT2D eigenvalue weighted by molar-refractivity contribution is -0.124. The topological polar surface area (TPSA) is 87.5 Å². The molecule has 2 aromatic heterocycles. The highest BCUT2D eigenvalue weighted by Gasteiger charge is 2.42. The largest absolute Gasteiger partial charge is 0.459 e. The highest BCUT2D eigenvalue weighted by molar-refractivity contribution is 6.18. The third-order valence-corrected chi connectivity index (χ3v) is 6.98. The van der Waals surface area contributed by atoms with Gasteiger partial charge in [0.25, 0.3) is 5.91 Å². The molecule has 0 bridgehead atoms. The number of fused-ring (bicyclic) bond motifs is 2. The second kappa shape index (κ2) is 8.15. The zero-order chi connectivity index (χ0) is 23.2. The minimum atomic E-state index is -0.516. The van der Waals surface area contributed by atoms with Gasteiger partial charge in [0, 0.05) is 47.4 Å². The van der Waals surface area contributed by atoms with Crippen LogP contribution in [0.2, 0.25) is 0 Å². The first-order valence-corrected chi connectivity index (χ1v) is 11.4. The molecule has 0 atom stereocenters. The van der Waals surface area contributed by atoms with Gasteiger partial charge in [0.2, 0.25) is 5.91 Å². The Labute approximate surface area is 192 Å². The van der Waals surface area contributed by atoms with Gasteiger partial charge in [-0.15, -0.1) is 0 Å². The molecular weight excluding hydrogens is 416 g/mol. The summed E-state index contributed by atoms with van der Waals surface area (Å²) in [4.78, 5) is 32.0. The number of benzene rings is 1. The van der Waals surface area contributed by atoms with Crippen molar-refractivity contribution in [2.24, 2.45) is 0 Å². The van der Waals surface area contributed by atoms with Gasteiger partial charge in [-0.25, -0.2) is 4.98 Å². The number of nitrogens with zero attached hydrogens (tertiary/aromatic N) is 2. The number of hydrogen-bond acceptors (Lipinski definition) is 5. The third kappa shape index (κ3) is 3.72. The maximum atomic E-state index is 13.1. The number of anilines is 1. The molecule has 1 saturated carbocycles. The molecule has 1 aliphatic carbocycles. The van der Waals surface area contributed by atoms with Crippen LogP contribution in [0.1, 0.15) is 48.1 Å². The predicted molar refractivity (Wildman–Crippen MR) is 127 cm³/mol. The molecule has 1 aliphatic heterocycles. The van der Waals surface area contributed by atoms with Crippen molar-refractivity contribution >= 4 is 34.2 Å². The summed E-state index contributed by atoms with van der Waals surface area (Å²) in [5.74, 6) is 1.09. The average Bonchev–Trinajstić information content (AvgIpc) is 3.39. The average molecular weight is 445 g/mol. The van der Waals surface area contributed by atoms with Crippen LogP contribution in [0.15, 0.2) is 47.5 Å². The second-order valence-electron chi connectivity index (χ2n) is 9.11. The Bertz CT molecular complexity index is 1270. The summed E-state index contributed by atoms with van der Waals surface area (Å²) < 4.78 is 5.96. The highest BCUT2D eigenvalue weighted by atomic mass is 16.3. The van der Waals surface area contributed by atoms with Crippen molar-refractivity contribution in [3.05, 3.63) is 65.6 Å². The zero-order valence-corrected chi connectivity index (χ0v) is 19.0. The number of rotatable bonds is 4. The van der Waals surface area contributed by atoms with Gasteiger partial charge >= 0.3 is 0 Å². The van der Waals surface area contributed by atoms with E-state index in [-0.39, 0.29) is 11.8 Å². The van der Waals surface area contributed by atoms with E-state index in [1.165, 1.54) is 0 Å². The predicted octanol–water partition coefficient (Wildman–Crippen LogP) is 4.16. The SMILES string of the molecule is C=C(C(=O)N(C)Cc1oc2ccccc2c1C)c1cnc2c(c1)CNC1(CCCC1)C(=O)N2. The van der Waals surface area contributed by atoms with Crippen LogP contribution in [0.5, 0.6) is 0 Å². The van der Waals surface area contributed by atoms with Crippen LogP contribution >= 0.6 is 0 Å². The first-order valence-electron chi connectivity index (χ1n) is 11.4. The number of carbonyl (C=O) groups is 2. The highest BCUT2D eigenvalue weighted by Crippen LogP contribution is 2.34. The Hall–Kier alpha value is -3.45. The van der Waals surface area contributed by atoms with Gasteiger partial charge in [0.15, 0.2) is 0 Å². The van der Waals surface area contributed by atoms with Crippen LogP contribution in [0, 0.1) is 6.92 Å². The molecule has 33 heavy (non-hydrogen) atoms. The molecule has 7 nitrogen and oxygen atoms in total. The van der Waals surface area contributed by atoms with Crippen molar-refractivity contribution in [3.63, 3.8) is 0 Å². The maximum Gasteiger partial charge on any atom is 0.254 e. The fraction of sp³-hybridized carbons (Fsp3) is 0.346. The third-order valence-electron chi connectivity index (χ3n) is 6.98. The minimum Gasteiger partial charge on any atom is -0.459 e. The minimum absolute atomic E-state index is 0.0187. The fourth-order valence-corrected chi connectivity index (χ4v) is 4.89. The van der Waals surface area contributed by atoms with Crippen molar-refractivity contribution in [1.82, 2.24) is 15.2 Å². The molecule has 0 unspecified atom stereocenters. The fourth-order valence-electron chi connectivity index (χ4n) is 4.89. The number of aryl methyl sites for hydroxylation is 1. The summed E-state index contributed by atoms with van der Waals surface area (Å²) in [5.41, 5.74) is 3.19. The number of likely N-dealkylation sites (N-methyl/N-ethyl adjacent to an activating group) is 1. The first-order chi connectivity index (χ1) is 15.9. The van der Waals surface area contributed by atoms with Crippen LogP contribution in [0.25, 0.3) is 16.5 Å². The van der Waals surface area contributed by atoms with Crippen LogP contribution in [0.3, 0.4) is 0 Å². The second-order valence-corrected chi connectivity index (χ2v) is 9.11. The molecule has 1 spiro atoms. The molecular formula is C26H28N4O3. The summed E-state index contributed by atoms with van der Waals surface area (Å²) in [5, 5.41) is 7.47. The lowest BCUT2D eigenvalue weighted by Crippen LogP contribution is -2.50. The summed E-state index contributed by atoms with van der Waals surface area (Å²) in [7, 11) is 1.74. The molecule has 7 heteroatoms. The summed E-state index contributed by atoms with van der Waals surface area (Å²) >= 11 is 0. The Kier molecular flexibility index (Phi) is 5.29. The van der Waals surface area contributed by atoms with E-state index in [0.29, 0.717) is 30.0 Å². The summed E-state index contributed by atoms with van der Waals surface area (Å²) in [6.07, 6.45) is 5.34. The summed E-state index contributed by atoms with van der Waals surface area (Å²) in [6.45, 7) is 6.91. The first kappa shape index (κ1) is 21.4. The standard InChI is InChI=1S/C26H28N4O3/c1-16(24(31)30(3)15-22-17(2)20-8-4-5-9-21(20)33-22)18-12-19-14-28-26(10-6-7-11-26)25(32)29-23(19)27-13-18/h4-5,8-9,12-13,28H,1,6-7,10-11,14-15H2,2-3H3,(H,27,29,32). The lowest BCUT2D eigenvalue weighted by atomic mass is 9.96. The molecule has 0 radical (unpaired) electrons. The number of amides is 2. The van der Waals surface area contributed by atoms with Crippen LogP contribution in [-0.4, -0.2) is 34.3 Å². The van der Waals surface area contributed by atoms with Gasteiger partial charge < -0.3 is 14.6 Å². The van der Waals surface area contributed by atoms with Gasteiger partial charge in [0.05, 0.1) is 12.1 Å². The molecule has 2 aliphatic rings. The van der Waals surface area contributed by atoms with E-state index in [4.69, 9.17) is 4.42 Å². The Balaban J connectivity index is 1.33. The molecule has 1 fully saturated rings. The van der Waals surface area contributed by atoms with Crippen molar-refractivity contribution in [2.75, 3.05) is 12.4 Å². The number of hydrogen-bond donors (Lipinski definition) is 2. The molecule has 2 N–H and O–H groups in total. The number of furan rings is 1. The van der Waals surface area contributed by atoms with Crippen molar-refractivity contribution in [3.8, 4) is 0 Å². The monoisotopic (exact) mass is 444 g/mol. The van der Waals surface area contributed by atoms with E-state index in [9.17, 15) is 9.59 Å². The molecule has 3 aromatic rings. The number of aromatic nitrogens is 1. The van der Waals surface area contributed by atoms with Crippen molar-refractivity contribution in [1.29, 1.82) is 0 Å². The smallest absolute Gasteiger partial charge is 0.254 e. The molecule has 1 aromatic carbocycles. The molecule has 2 amide bonds. The Morgan fingerprint density at radius 3 is 2.79 bits per heavy atom. The van der Waals surface area contributed by atoms with Gasteiger partial charge in [-0.05, 0) is 31.9 Å². The van der Waals surface area contributed by atoms with E-state index in [1.807, 2.05) is 37.3 Å². The number of nitrogens with one attached hydrogen (secondary N) is 2. The van der Waals surface area contributed by atoms with E-state index >= 15 is 0 Å². The van der Waals surface area contributed by atoms with Gasteiger partial charge in [0.1, 0.15) is 17.2 Å². The lowest BCUT2D eigenvalue weighted by Gasteiger charge is -2.26. The van der Waals surface area contributed by atoms with Crippen LogP contribution in [-0.2, 0) is 22.7 Å². The maximum absolute atomic E-state index is 13.1. The molecule has 3 heterocycles. The quantitative estimate of drug-likeness (QED) is 0.590. The molecule has 5 rings (SSSR count). The van der Waals surface area contributed by atoms with E-state index in [0.717, 1.165) is 53.5 Å².